The molecule has 1 atom stereocenters. The third-order valence-corrected chi connectivity index (χ3v) is 3.59. The van der Waals surface area contributed by atoms with E-state index in [1.807, 2.05) is 25.1 Å². The van der Waals surface area contributed by atoms with Gasteiger partial charge in [-0.05, 0) is 31.9 Å². The van der Waals surface area contributed by atoms with Crippen molar-refractivity contribution in [2.75, 3.05) is 7.11 Å². The number of primary amides is 1. The summed E-state index contributed by atoms with van der Waals surface area (Å²) in [6, 6.07) is 5.77. The lowest BCUT2D eigenvalue weighted by Crippen LogP contribution is -2.11. The smallest absolute Gasteiger partial charge is 0.217 e. The lowest BCUT2D eigenvalue weighted by Gasteiger charge is -2.10. The fourth-order valence-electron chi connectivity index (χ4n) is 2.36. The number of nitrogens with zero attached hydrogens (tertiary/aromatic N) is 2. The van der Waals surface area contributed by atoms with E-state index in [-0.39, 0.29) is 11.3 Å². The Morgan fingerprint density at radius 3 is 2.86 bits per heavy atom. The van der Waals surface area contributed by atoms with E-state index in [0.29, 0.717) is 6.42 Å². The normalized spacial score (nSPS) is 12.5. The molecule has 0 aliphatic rings. The molecule has 6 heteroatoms. The van der Waals surface area contributed by atoms with Crippen molar-refractivity contribution in [1.29, 1.82) is 0 Å². The first-order valence-corrected chi connectivity index (χ1v) is 7.43. The number of fused-ring (bicyclic) bond motifs is 1. The number of unbranched alkanes of at least 4 members (excludes halogenated alkanes) is 1. The van der Waals surface area contributed by atoms with Crippen molar-refractivity contribution in [3.63, 3.8) is 0 Å². The molecule has 0 bridgehead atoms. The maximum Gasteiger partial charge on any atom is 0.217 e. The summed E-state index contributed by atoms with van der Waals surface area (Å²) in [5.41, 5.74) is 7.06. The highest BCUT2D eigenvalue weighted by molar-refractivity contribution is 6.20. The molecule has 1 heterocycles. The lowest BCUT2D eigenvalue weighted by molar-refractivity contribution is -0.118. The minimum absolute atomic E-state index is 0.181. The molecule has 0 saturated carbocycles. The van der Waals surface area contributed by atoms with E-state index in [1.54, 1.807) is 7.11 Å². The Balaban J connectivity index is 2.28. The van der Waals surface area contributed by atoms with Gasteiger partial charge in [0.1, 0.15) is 11.6 Å². The molecule has 1 aromatic heterocycles. The molecule has 0 saturated heterocycles. The molecule has 0 aliphatic carbocycles. The number of nitrogens with two attached hydrogens (primary N) is 1. The van der Waals surface area contributed by atoms with Crippen LogP contribution in [0.4, 0.5) is 0 Å². The molecule has 21 heavy (non-hydrogen) atoms. The first-order valence-electron chi connectivity index (χ1n) is 6.99. The highest BCUT2D eigenvalue weighted by Crippen LogP contribution is 2.27. The summed E-state index contributed by atoms with van der Waals surface area (Å²) in [5.74, 6) is 1.35. The number of ether oxygens (including phenoxy) is 1. The highest BCUT2D eigenvalue weighted by Gasteiger charge is 2.15. The Bertz CT molecular complexity index is 637. The van der Waals surface area contributed by atoms with Crippen LogP contribution in [0.5, 0.6) is 5.75 Å². The van der Waals surface area contributed by atoms with Gasteiger partial charge in [-0.25, -0.2) is 4.98 Å². The Labute approximate surface area is 129 Å². The van der Waals surface area contributed by atoms with Crippen molar-refractivity contribution in [2.24, 2.45) is 5.73 Å². The molecule has 2 N–H and O–H groups in total. The zero-order valence-electron chi connectivity index (χ0n) is 12.3. The van der Waals surface area contributed by atoms with E-state index in [1.165, 1.54) is 0 Å². The Hall–Kier alpha value is -1.75. The number of rotatable bonds is 7. The number of methoxy groups -OCH3 is 1. The van der Waals surface area contributed by atoms with Crippen LogP contribution < -0.4 is 10.5 Å². The van der Waals surface area contributed by atoms with Crippen molar-refractivity contribution in [3.8, 4) is 5.75 Å². The molecule has 2 aromatic rings. The quantitative estimate of drug-likeness (QED) is 0.631. The van der Waals surface area contributed by atoms with Gasteiger partial charge in [0.05, 0.1) is 23.5 Å². The Kier molecular flexibility index (Phi) is 5.07. The summed E-state index contributed by atoms with van der Waals surface area (Å²) >= 11 is 6.23. The van der Waals surface area contributed by atoms with Crippen LogP contribution in [0.15, 0.2) is 18.2 Å². The van der Waals surface area contributed by atoms with Crippen LogP contribution in [-0.4, -0.2) is 22.6 Å². The summed E-state index contributed by atoms with van der Waals surface area (Å²) in [6.45, 7) is 2.66. The van der Waals surface area contributed by atoms with Gasteiger partial charge in [-0.1, -0.05) is 0 Å². The summed E-state index contributed by atoms with van der Waals surface area (Å²) in [7, 11) is 1.64. The summed E-state index contributed by atoms with van der Waals surface area (Å²) < 4.78 is 7.36. The van der Waals surface area contributed by atoms with Crippen molar-refractivity contribution >= 4 is 28.5 Å². The molecule has 0 fully saturated rings. The molecule has 2 rings (SSSR count). The number of halogens is 1. The van der Waals surface area contributed by atoms with Gasteiger partial charge in [0.15, 0.2) is 0 Å². The summed E-state index contributed by atoms with van der Waals surface area (Å²) in [6.07, 6.45) is 2.01. The number of aromatic nitrogens is 2. The molecule has 1 amide bonds. The van der Waals surface area contributed by atoms with Crippen molar-refractivity contribution < 1.29 is 9.53 Å². The average molecular weight is 310 g/mol. The van der Waals surface area contributed by atoms with Crippen LogP contribution in [0.3, 0.4) is 0 Å². The van der Waals surface area contributed by atoms with Gasteiger partial charge in [-0.15, -0.1) is 11.6 Å². The number of carbonyl (C=O) groups is 1. The number of amides is 1. The number of benzene rings is 1. The topological polar surface area (TPSA) is 70.1 Å². The monoisotopic (exact) mass is 309 g/mol. The van der Waals surface area contributed by atoms with Gasteiger partial charge in [0.25, 0.3) is 0 Å². The fourth-order valence-corrected chi connectivity index (χ4v) is 2.52. The van der Waals surface area contributed by atoms with Crippen LogP contribution in [0.2, 0.25) is 0 Å². The predicted molar refractivity (Wildman–Crippen MR) is 83.6 cm³/mol. The number of hydrogen-bond acceptors (Lipinski definition) is 3. The second-order valence-corrected chi connectivity index (χ2v) is 5.67. The average Bonchev–Trinajstić information content (AvgIpc) is 2.81. The number of carbonyl (C=O) groups excluding carboxylic acids is 1. The van der Waals surface area contributed by atoms with Crippen molar-refractivity contribution in [2.45, 2.75) is 38.1 Å². The zero-order valence-corrected chi connectivity index (χ0v) is 13.1. The second kappa shape index (κ2) is 6.80. The van der Waals surface area contributed by atoms with E-state index in [2.05, 4.69) is 9.55 Å². The van der Waals surface area contributed by atoms with Crippen LogP contribution in [0.1, 0.15) is 37.4 Å². The van der Waals surface area contributed by atoms with Crippen LogP contribution in [-0.2, 0) is 11.3 Å². The molecule has 0 aliphatic heterocycles. The minimum Gasteiger partial charge on any atom is -0.497 e. The maximum atomic E-state index is 10.8. The lowest BCUT2D eigenvalue weighted by atomic mass is 10.2. The molecule has 1 aromatic carbocycles. The van der Waals surface area contributed by atoms with E-state index in [4.69, 9.17) is 22.1 Å². The van der Waals surface area contributed by atoms with Gasteiger partial charge in [-0.2, -0.15) is 0 Å². The molecular formula is C15H20ClN3O2. The van der Waals surface area contributed by atoms with Crippen molar-refractivity contribution in [3.05, 3.63) is 24.0 Å². The maximum absolute atomic E-state index is 10.8. The van der Waals surface area contributed by atoms with Gasteiger partial charge in [0, 0.05) is 19.0 Å². The Morgan fingerprint density at radius 2 is 2.24 bits per heavy atom. The molecule has 114 valence electrons. The van der Waals surface area contributed by atoms with Crippen LogP contribution in [0, 0.1) is 0 Å². The largest absolute Gasteiger partial charge is 0.497 e. The third-order valence-electron chi connectivity index (χ3n) is 3.40. The minimum atomic E-state index is -0.266. The van der Waals surface area contributed by atoms with Gasteiger partial charge >= 0.3 is 0 Å². The molecule has 0 radical (unpaired) electrons. The van der Waals surface area contributed by atoms with E-state index in [9.17, 15) is 4.79 Å². The second-order valence-electron chi connectivity index (χ2n) is 5.02. The first-order chi connectivity index (χ1) is 10.0. The van der Waals surface area contributed by atoms with Gasteiger partial charge < -0.3 is 15.0 Å². The summed E-state index contributed by atoms with van der Waals surface area (Å²) in [4.78, 5) is 15.4. The van der Waals surface area contributed by atoms with E-state index >= 15 is 0 Å². The standard InChI is InChI=1S/C15H20ClN3O2/c1-10(16)15-18-12-7-6-11(21-2)9-13(12)19(15)8-4-3-5-14(17)20/h6-7,9-10H,3-5,8H2,1-2H3,(H2,17,20). The SMILES string of the molecule is COc1ccc2nc(C(C)Cl)n(CCCCC(N)=O)c2c1. The predicted octanol–water partition coefficient (Wildman–Crippen LogP) is 3.00. The molecule has 1 unspecified atom stereocenters. The number of alkyl halides is 1. The summed E-state index contributed by atoms with van der Waals surface area (Å²) in [5, 5.41) is -0.181. The van der Waals surface area contributed by atoms with Crippen molar-refractivity contribution in [1.82, 2.24) is 9.55 Å². The number of hydrogen-bond donors (Lipinski definition) is 1. The molecular weight excluding hydrogens is 290 g/mol. The Morgan fingerprint density at radius 1 is 1.48 bits per heavy atom. The fraction of sp³-hybridized carbons (Fsp3) is 0.467. The number of aryl methyl sites for hydroxylation is 1. The number of imidazole rings is 1. The van der Waals surface area contributed by atoms with E-state index < -0.39 is 0 Å². The van der Waals surface area contributed by atoms with E-state index in [0.717, 1.165) is 42.0 Å². The highest BCUT2D eigenvalue weighted by atomic mass is 35.5. The molecule has 0 spiro atoms. The zero-order chi connectivity index (χ0) is 15.4. The third kappa shape index (κ3) is 3.67. The van der Waals surface area contributed by atoms with Gasteiger partial charge in [0.2, 0.25) is 5.91 Å². The first kappa shape index (κ1) is 15.6. The molecule has 5 nitrogen and oxygen atoms in total. The van der Waals surface area contributed by atoms with Crippen LogP contribution >= 0.6 is 11.6 Å². The van der Waals surface area contributed by atoms with Crippen LogP contribution in [0.25, 0.3) is 11.0 Å². The van der Waals surface area contributed by atoms with Gasteiger partial charge in [-0.3, -0.25) is 4.79 Å².